The van der Waals surface area contributed by atoms with Gasteiger partial charge < -0.3 is 15.2 Å². The SMILES string of the molecule is COC(=O)C(C)(C)[C@H](N)c1ccc(C(F)(F)F)cc1OC. The number of halogens is 3. The van der Waals surface area contributed by atoms with Crippen molar-refractivity contribution in [2.24, 2.45) is 11.1 Å². The Balaban J connectivity index is 3.28. The molecule has 0 heterocycles. The number of benzene rings is 1. The lowest BCUT2D eigenvalue weighted by atomic mass is 9.80. The Morgan fingerprint density at radius 1 is 1.24 bits per heavy atom. The predicted octanol–water partition coefficient (Wildman–Crippen LogP) is 2.91. The first kappa shape index (κ1) is 17.3. The summed E-state index contributed by atoms with van der Waals surface area (Å²) < 4.78 is 47.7. The van der Waals surface area contributed by atoms with E-state index < -0.39 is 29.2 Å². The van der Waals surface area contributed by atoms with Crippen LogP contribution >= 0.6 is 0 Å². The van der Waals surface area contributed by atoms with Crippen molar-refractivity contribution >= 4 is 5.97 Å². The molecule has 118 valence electrons. The highest BCUT2D eigenvalue weighted by molar-refractivity contribution is 5.77. The van der Waals surface area contributed by atoms with Crippen molar-refractivity contribution in [3.05, 3.63) is 29.3 Å². The molecule has 4 nitrogen and oxygen atoms in total. The molecule has 0 aliphatic heterocycles. The number of ether oxygens (including phenoxy) is 2. The Hall–Kier alpha value is -1.76. The van der Waals surface area contributed by atoms with Crippen molar-refractivity contribution in [2.75, 3.05) is 14.2 Å². The van der Waals surface area contributed by atoms with Crippen LogP contribution in [0, 0.1) is 5.41 Å². The second-order valence-electron chi connectivity index (χ2n) is 5.15. The summed E-state index contributed by atoms with van der Waals surface area (Å²) in [4.78, 5) is 11.8. The Bertz CT molecular complexity index is 527. The average Bonchev–Trinajstić information content (AvgIpc) is 2.43. The molecule has 0 bridgehead atoms. The molecule has 1 aromatic rings. The van der Waals surface area contributed by atoms with E-state index in [9.17, 15) is 18.0 Å². The van der Waals surface area contributed by atoms with E-state index in [0.29, 0.717) is 5.56 Å². The molecule has 0 saturated carbocycles. The highest BCUT2D eigenvalue weighted by Crippen LogP contribution is 2.39. The molecule has 7 heteroatoms. The second kappa shape index (κ2) is 5.93. The van der Waals surface area contributed by atoms with Crippen LogP contribution in [0.3, 0.4) is 0 Å². The standard InChI is InChI=1S/C14H18F3NO3/c1-13(2,12(19)21-4)11(18)9-6-5-8(14(15,16)17)7-10(9)20-3/h5-7,11H,18H2,1-4H3/t11-/m1/s1. The minimum Gasteiger partial charge on any atom is -0.496 e. The number of methoxy groups -OCH3 is 2. The monoisotopic (exact) mass is 305 g/mol. The smallest absolute Gasteiger partial charge is 0.416 e. The third kappa shape index (κ3) is 3.47. The highest BCUT2D eigenvalue weighted by Gasteiger charge is 2.39. The maximum atomic E-state index is 12.7. The Labute approximate surface area is 121 Å². The number of alkyl halides is 3. The van der Waals surface area contributed by atoms with Crippen LogP contribution in [0.25, 0.3) is 0 Å². The zero-order valence-corrected chi connectivity index (χ0v) is 12.2. The lowest BCUT2D eigenvalue weighted by Gasteiger charge is -2.30. The van der Waals surface area contributed by atoms with Crippen molar-refractivity contribution in [1.82, 2.24) is 0 Å². The number of carbonyl (C=O) groups is 1. The summed E-state index contributed by atoms with van der Waals surface area (Å²) in [7, 11) is 2.47. The van der Waals surface area contributed by atoms with Crippen LogP contribution in [0.1, 0.15) is 31.0 Å². The first-order valence-corrected chi connectivity index (χ1v) is 6.14. The first-order chi connectivity index (χ1) is 9.55. The molecule has 2 N–H and O–H groups in total. The van der Waals surface area contributed by atoms with Crippen molar-refractivity contribution in [3.8, 4) is 5.75 Å². The van der Waals surface area contributed by atoms with E-state index in [1.807, 2.05) is 0 Å². The minimum atomic E-state index is -4.48. The molecule has 1 rings (SSSR count). The van der Waals surface area contributed by atoms with Gasteiger partial charge in [0.05, 0.1) is 25.2 Å². The van der Waals surface area contributed by atoms with E-state index in [2.05, 4.69) is 4.74 Å². The van der Waals surface area contributed by atoms with E-state index in [0.717, 1.165) is 12.1 Å². The molecule has 0 aliphatic carbocycles. The second-order valence-corrected chi connectivity index (χ2v) is 5.15. The zero-order chi connectivity index (χ0) is 16.4. The van der Waals surface area contributed by atoms with Gasteiger partial charge in [-0.3, -0.25) is 4.79 Å². The fraction of sp³-hybridized carbons (Fsp3) is 0.500. The van der Waals surface area contributed by atoms with Gasteiger partial charge in [-0.1, -0.05) is 6.07 Å². The minimum absolute atomic E-state index is 0.0192. The third-order valence-electron chi connectivity index (χ3n) is 3.38. The third-order valence-corrected chi connectivity index (χ3v) is 3.38. The molecule has 21 heavy (non-hydrogen) atoms. The van der Waals surface area contributed by atoms with Crippen LogP contribution in [0.5, 0.6) is 5.75 Å². The van der Waals surface area contributed by atoms with Crippen molar-refractivity contribution < 1.29 is 27.4 Å². The van der Waals surface area contributed by atoms with Gasteiger partial charge >= 0.3 is 12.1 Å². The summed E-state index contributed by atoms with van der Waals surface area (Å²) >= 11 is 0. The number of hydrogen-bond acceptors (Lipinski definition) is 4. The van der Waals surface area contributed by atoms with Crippen LogP contribution < -0.4 is 10.5 Å². The van der Waals surface area contributed by atoms with Crippen molar-refractivity contribution in [3.63, 3.8) is 0 Å². The number of rotatable bonds is 4. The molecule has 0 radical (unpaired) electrons. The largest absolute Gasteiger partial charge is 0.496 e. The molecular formula is C14H18F3NO3. The van der Waals surface area contributed by atoms with Gasteiger partial charge in [0, 0.05) is 11.6 Å². The Morgan fingerprint density at radius 2 is 1.81 bits per heavy atom. The van der Waals surface area contributed by atoms with Gasteiger partial charge in [0.1, 0.15) is 5.75 Å². The fourth-order valence-electron chi connectivity index (χ4n) is 1.92. The lowest BCUT2D eigenvalue weighted by molar-refractivity contribution is -0.152. The normalized spacial score (nSPS) is 13.7. The van der Waals surface area contributed by atoms with Gasteiger partial charge in [-0.25, -0.2) is 0 Å². The summed E-state index contributed by atoms with van der Waals surface area (Å²) in [5.74, 6) is -0.578. The van der Waals surface area contributed by atoms with Gasteiger partial charge in [-0.2, -0.15) is 13.2 Å². The summed E-state index contributed by atoms with van der Waals surface area (Å²) in [5, 5.41) is 0. The van der Waals surface area contributed by atoms with E-state index in [1.165, 1.54) is 20.3 Å². The van der Waals surface area contributed by atoms with Crippen LogP contribution in [0.4, 0.5) is 13.2 Å². The molecule has 0 fully saturated rings. The summed E-state index contributed by atoms with van der Waals surface area (Å²) in [6, 6.07) is 2.12. The molecule has 0 amide bonds. The molecule has 0 spiro atoms. The molecule has 0 saturated heterocycles. The van der Waals surface area contributed by atoms with Gasteiger partial charge in [0.2, 0.25) is 0 Å². The molecule has 1 aromatic carbocycles. The molecule has 0 aliphatic rings. The van der Waals surface area contributed by atoms with Gasteiger partial charge in [0.15, 0.2) is 0 Å². The Kier molecular flexibility index (Phi) is 4.88. The topological polar surface area (TPSA) is 61.5 Å². The van der Waals surface area contributed by atoms with E-state index in [1.54, 1.807) is 13.8 Å². The first-order valence-electron chi connectivity index (χ1n) is 6.14. The number of nitrogens with two attached hydrogens (primary N) is 1. The predicted molar refractivity (Wildman–Crippen MR) is 70.7 cm³/mol. The van der Waals surface area contributed by atoms with E-state index in [4.69, 9.17) is 10.5 Å². The highest BCUT2D eigenvalue weighted by atomic mass is 19.4. The molecule has 0 unspecified atom stereocenters. The van der Waals surface area contributed by atoms with Crippen LogP contribution in [0.2, 0.25) is 0 Å². The summed E-state index contributed by atoms with van der Waals surface area (Å²) in [6.07, 6.45) is -4.48. The fourth-order valence-corrected chi connectivity index (χ4v) is 1.92. The quantitative estimate of drug-likeness (QED) is 0.869. The van der Waals surface area contributed by atoms with Gasteiger partial charge in [-0.05, 0) is 26.0 Å². The molecule has 1 atom stereocenters. The Morgan fingerprint density at radius 3 is 2.24 bits per heavy atom. The van der Waals surface area contributed by atoms with Crippen molar-refractivity contribution in [2.45, 2.75) is 26.1 Å². The maximum absolute atomic E-state index is 12.7. The van der Waals surface area contributed by atoms with E-state index in [-0.39, 0.29) is 5.75 Å². The lowest BCUT2D eigenvalue weighted by Crippen LogP contribution is -2.37. The summed E-state index contributed by atoms with van der Waals surface area (Å²) in [6.45, 7) is 3.11. The number of hydrogen-bond donors (Lipinski definition) is 1. The zero-order valence-electron chi connectivity index (χ0n) is 12.2. The summed E-state index contributed by atoms with van der Waals surface area (Å²) in [5.41, 5.74) is 4.38. The van der Waals surface area contributed by atoms with Gasteiger partial charge in [0.25, 0.3) is 0 Å². The number of carbonyl (C=O) groups excluding carboxylic acids is 1. The van der Waals surface area contributed by atoms with E-state index >= 15 is 0 Å². The molecule has 0 aromatic heterocycles. The average molecular weight is 305 g/mol. The molecular weight excluding hydrogens is 287 g/mol. The van der Waals surface area contributed by atoms with Gasteiger partial charge in [-0.15, -0.1) is 0 Å². The number of esters is 1. The van der Waals surface area contributed by atoms with Crippen molar-refractivity contribution in [1.29, 1.82) is 0 Å². The van der Waals surface area contributed by atoms with Crippen LogP contribution in [0.15, 0.2) is 18.2 Å². The maximum Gasteiger partial charge on any atom is 0.416 e. The van der Waals surface area contributed by atoms with Crippen LogP contribution in [-0.4, -0.2) is 20.2 Å². The van der Waals surface area contributed by atoms with Crippen LogP contribution in [-0.2, 0) is 15.7 Å².